The van der Waals surface area contributed by atoms with Gasteiger partial charge in [-0.2, -0.15) is 0 Å². The fourth-order valence-corrected chi connectivity index (χ4v) is 25.1. The molecule has 0 bridgehead atoms. The van der Waals surface area contributed by atoms with E-state index in [1.807, 2.05) is 0 Å². The molecule has 6 aromatic rings. The van der Waals surface area contributed by atoms with Crippen LogP contribution in [0.1, 0.15) is 312 Å². The Labute approximate surface area is 586 Å². The van der Waals surface area contributed by atoms with E-state index in [0.717, 1.165) is 77.0 Å². The summed E-state index contributed by atoms with van der Waals surface area (Å²) in [5, 5.41) is 0. The van der Waals surface area contributed by atoms with Gasteiger partial charge in [-0.15, -0.1) is 0 Å². The summed E-state index contributed by atoms with van der Waals surface area (Å²) in [6, 6.07) is 51.5. The molecule has 0 spiro atoms. The van der Waals surface area contributed by atoms with Crippen LogP contribution in [-0.4, -0.2) is 0 Å². The van der Waals surface area contributed by atoms with Crippen LogP contribution >= 0.6 is 23.7 Å². The van der Waals surface area contributed by atoms with E-state index in [-0.39, 0.29) is 32.5 Å². The number of unbranched alkanes of at least 4 members (excludes halogenated alkanes) is 12. The summed E-state index contributed by atoms with van der Waals surface area (Å²) < 4.78 is 52.3. The van der Waals surface area contributed by atoms with Gasteiger partial charge in [-0.1, -0.05) is 13.8 Å². The van der Waals surface area contributed by atoms with Crippen molar-refractivity contribution in [1.82, 2.24) is 9.72 Å². The zero-order valence-electron chi connectivity index (χ0n) is 63.2. The molecular weight excluding hydrogens is 1240 g/mol. The van der Waals surface area contributed by atoms with Crippen LogP contribution in [-0.2, 0) is 32.5 Å². The molecule has 96 heavy (non-hydrogen) atoms. The third kappa shape index (κ3) is 22.6. The van der Waals surface area contributed by atoms with Crippen LogP contribution in [0.25, 0.3) is 0 Å². The van der Waals surface area contributed by atoms with E-state index in [1.54, 1.807) is 0 Å². The van der Waals surface area contributed by atoms with Gasteiger partial charge in [-0.25, -0.2) is 0 Å². The first-order chi connectivity index (χ1) is 45.6. The van der Waals surface area contributed by atoms with Gasteiger partial charge in [-0.3, -0.25) is 0 Å². The van der Waals surface area contributed by atoms with E-state index in [9.17, 15) is 0 Å². The van der Waals surface area contributed by atoms with E-state index in [4.69, 9.17) is 31.7 Å². The molecule has 9 nitrogen and oxygen atoms in total. The Balaban J connectivity index is 1.54. The first-order valence-electron chi connectivity index (χ1n) is 37.6. The van der Waals surface area contributed by atoms with E-state index in [1.165, 1.54) is 110 Å². The van der Waals surface area contributed by atoms with Crippen LogP contribution in [0.5, 0.6) is 34.5 Å². The molecule has 0 amide bonds. The van der Waals surface area contributed by atoms with Crippen LogP contribution in [0.2, 0.25) is 0 Å². The zero-order chi connectivity index (χ0) is 69.7. The van der Waals surface area contributed by atoms with Gasteiger partial charge in [0.25, 0.3) is 0 Å². The first kappa shape index (κ1) is 78.5. The SMILES string of the molecule is CCCCCC(C)(C)c1ccc(OP2(Oc3ccc(C(C)(C)CCCCC)cc3)=N[PH](Oc3ccc(C(C)(C)CCCCC)cc3)(Oc3ccc(C(C)(C)CCCCC)cc3)N[PH](Oc3ccc(C(C)(C)CCCCC)cc3)(Oc3ccc(C(C)(C)CCCCC)cc3)N2)cc1. The molecule has 2 N–H and O–H groups in total. The second kappa shape index (κ2) is 35.4. The Hall–Kier alpha value is -4.87. The quantitative estimate of drug-likeness (QED) is 0.0289. The summed E-state index contributed by atoms with van der Waals surface area (Å²) >= 11 is 0. The van der Waals surface area contributed by atoms with Gasteiger partial charge in [-0.05, 0) is 0 Å². The molecule has 0 radical (unpaired) electrons. The third-order valence-corrected chi connectivity index (χ3v) is 30.6. The number of nitrogens with zero attached hydrogens (tertiary/aromatic N) is 1. The zero-order valence-corrected chi connectivity index (χ0v) is 66.1. The van der Waals surface area contributed by atoms with Crippen molar-refractivity contribution in [3.05, 3.63) is 179 Å². The molecule has 12 heteroatoms. The van der Waals surface area contributed by atoms with Crippen molar-refractivity contribution >= 4 is 23.7 Å². The Morgan fingerprint density at radius 1 is 0.281 bits per heavy atom. The summed E-state index contributed by atoms with van der Waals surface area (Å²) in [5.74, 6) is 3.50. The van der Waals surface area contributed by atoms with Gasteiger partial charge in [0.05, 0.1) is 0 Å². The summed E-state index contributed by atoms with van der Waals surface area (Å²) in [6.45, 7) is 41.8. The number of hydrogen-bond acceptors (Lipinski definition) is 9. The van der Waals surface area contributed by atoms with E-state index >= 15 is 0 Å². The summed E-state index contributed by atoms with van der Waals surface area (Å²) in [4.78, 5) is 7.99. The van der Waals surface area contributed by atoms with Crippen molar-refractivity contribution in [3.63, 3.8) is 0 Å². The molecule has 0 saturated carbocycles. The predicted octanol–water partition coefficient (Wildman–Crippen LogP) is 27.6. The molecule has 0 aromatic heterocycles. The number of benzene rings is 6. The van der Waals surface area contributed by atoms with Gasteiger partial charge in [0, 0.05) is 0 Å². The fourth-order valence-electron chi connectivity index (χ4n) is 13.5. The van der Waals surface area contributed by atoms with Crippen molar-refractivity contribution in [2.45, 2.75) is 311 Å². The Bertz CT molecular complexity index is 3100. The monoisotopic (exact) mass is 1370 g/mol. The van der Waals surface area contributed by atoms with Gasteiger partial charge >= 0.3 is 576 Å². The van der Waals surface area contributed by atoms with Crippen LogP contribution in [0.3, 0.4) is 0 Å². The van der Waals surface area contributed by atoms with Gasteiger partial charge in [0.1, 0.15) is 0 Å². The molecular formula is C84H130N3O6P3. The van der Waals surface area contributed by atoms with Crippen LogP contribution < -0.4 is 36.9 Å². The standard InChI is InChI=1S/C84H130N3O6P3/c1-19-25-31-61-79(7,8)67-37-49-73(50-38-67)88-94(89-74-51-39-68(40-52-74)80(9,10)62-32-26-20-2)85-95(90-75-53-41-69(42-54-75)81(11,12)63-33-27-21-3,91-76-55-43-70(44-56-76)82(13,14)64-34-28-22-4)87-96(86-94,92-77-57-45-71(46-58-77)83(15,16)65-35-29-23-5)93-78-59-47-72(48-60-78)84(17,18)66-36-30-24-6/h37-60,85-86,94-95H,19-36,61-66H2,1-18H3. The summed E-state index contributed by atoms with van der Waals surface area (Å²) in [6.07, 6.45) is 27.6. The molecule has 0 aliphatic carbocycles. The molecule has 7 rings (SSSR count). The average molecular weight is 1370 g/mol. The minimum absolute atomic E-state index is 0.0568. The van der Waals surface area contributed by atoms with Crippen molar-refractivity contribution in [3.8, 4) is 34.5 Å². The molecule has 0 fully saturated rings. The van der Waals surface area contributed by atoms with E-state index < -0.39 is 23.7 Å². The van der Waals surface area contributed by atoms with Crippen LogP contribution in [0.15, 0.2) is 150 Å². The average Bonchev–Trinajstić information content (AvgIpc) is 0.729. The van der Waals surface area contributed by atoms with Crippen LogP contribution in [0.4, 0.5) is 0 Å². The first-order valence-corrected chi connectivity index (χ1v) is 42.8. The Kier molecular flexibility index (Phi) is 29.0. The maximum atomic E-state index is 7.76. The number of hydrogen-bond donors (Lipinski definition) is 2. The van der Waals surface area contributed by atoms with Gasteiger partial charge < -0.3 is 0 Å². The minimum atomic E-state index is -4.54. The summed E-state index contributed by atoms with van der Waals surface area (Å²) in [7, 11) is -13.0. The Morgan fingerprint density at radius 3 is 0.688 bits per heavy atom. The van der Waals surface area contributed by atoms with Gasteiger partial charge in [0.15, 0.2) is 0 Å². The molecule has 0 saturated heterocycles. The fraction of sp³-hybridized carbons (Fsp3) is 0.571. The Morgan fingerprint density at radius 2 is 0.479 bits per heavy atom. The second-order valence-corrected chi connectivity index (χ2v) is 39.2. The van der Waals surface area contributed by atoms with Crippen molar-refractivity contribution in [2.75, 3.05) is 0 Å². The van der Waals surface area contributed by atoms with Crippen molar-refractivity contribution in [1.29, 1.82) is 0 Å². The second-order valence-electron chi connectivity index (χ2n) is 31.8. The number of rotatable bonds is 42. The molecule has 1 aliphatic rings. The van der Waals surface area contributed by atoms with E-state index in [0.29, 0.717) is 34.5 Å². The molecule has 6 aromatic carbocycles. The molecule has 1 heterocycles. The number of nitrogens with one attached hydrogen (secondary N) is 2. The molecule has 0 atom stereocenters. The molecule has 0 unspecified atom stereocenters. The van der Waals surface area contributed by atoms with Crippen LogP contribution in [0, 0.1) is 0 Å². The summed E-state index contributed by atoms with van der Waals surface area (Å²) in [5.41, 5.74) is 7.08. The van der Waals surface area contributed by atoms with Gasteiger partial charge in [0.2, 0.25) is 0 Å². The third-order valence-electron chi connectivity index (χ3n) is 20.6. The molecule has 1 aliphatic heterocycles. The topological polar surface area (TPSA) is 91.8 Å². The molecule has 532 valence electrons. The van der Waals surface area contributed by atoms with E-state index in [2.05, 4.69) is 280 Å². The predicted molar refractivity (Wildman–Crippen MR) is 418 cm³/mol. The normalized spacial score (nSPS) is 15.6. The maximum absolute atomic E-state index is 7.76. The van der Waals surface area contributed by atoms with Crippen molar-refractivity contribution < 1.29 is 27.1 Å². The van der Waals surface area contributed by atoms with Crippen molar-refractivity contribution in [2.24, 2.45) is 4.52 Å².